The van der Waals surface area contributed by atoms with E-state index in [1.807, 2.05) is 25.1 Å². The number of hydrogen-bond acceptors (Lipinski definition) is 3. The zero-order chi connectivity index (χ0) is 17.6. The van der Waals surface area contributed by atoms with Crippen molar-refractivity contribution in [2.45, 2.75) is 13.0 Å². The number of rotatable bonds is 2. The second-order valence-corrected chi connectivity index (χ2v) is 7.01. The van der Waals surface area contributed by atoms with Crippen LogP contribution in [-0.4, -0.2) is 35.5 Å². The molecule has 0 unspecified atom stereocenters. The topological polar surface area (TPSA) is 52.6 Å². The van der Waals surface area contributed by atoms with E-state index in [9.17, 15) is 14.3 Å². The number of nitrogens with one attached hydrogen (secondary N) is 1. The van der Waals surface area contributed by atoms with Gasteiger partial charge in [-0.1, -0.05) is 24.3 Å². The number of halogens is 1. The fourth-order valence-electron chi connectivity index (χ4n) is 4.28. The van der Waals surface area contributed by atoms with E-state index in [4.69, 9.17) is 0 Å². The molecule has 2 N–H and O–H groups in total. The van der Waals surface area contributed by atoms with Gasteiger partial charge in [0, 0.05) is 25.6 Å². The third kappa shape index (κ3) is 2.68. The first-order valence-corrected chi connectivity index (χ1v) is 8.62. The van der Waals surface area contributed by atoms with Crippen molar-refractivity contribution in [1.82, 2.24) is 10.2 Å². The molecule has 0 aromatic heterocycles. The quantitative estimate of drug-likeness (QED) is 0.884. The molecule has 2 aliphatic heterocycles. The first-order chi connectivity index (χ1) is 12.1. The van der Waals surface area contributed by atoms with Gasteiger partial charge in [0.2, 0.25) is 0 Å². The summed E-state index contributed by atoms with van der Waals surface area (Å²) < 4.78 is 14.2. The van der Waals surface area contributed by atoms with E-state index < -0.39 is 5.82 Å². The lowest BCUT2D eigenvalue weighted by Gasteiger charge is -2.29. The number of hydrogen-bond donors (Lipinski definition) is 2. The molecular weight excluding hydrogens is 319 g/mol. The zero-order valence-corrected chi connectivity index (χ0v) is 14.1. The summed E-state index contributed by atoms with van der Waals surface area (Å²) in [6.07, 6.45) is 0. The molecule has 2 saturated heterocycles. The molecule has 0 radical (unpaired) electrons. The van der Waals surface area contributed by atoms with Crippen LogP contribution in [0.25, 0.3) is 0 Å². The van der Waals surface area contributed by atoms with Crippen LogP contribution in [-0.2, 0) is 0 Å². The van der Waals surface area contributed by atoms with E-state index >= 15 is 0 Å². The molecule has 2 fully saturated rings. The van der Waals surface area contributed by atoms with Gasteiger partial charge in [0.05, 0.1) is 11.6 Å². The highest BCUT2D eigenvalue weighted by molar-refractivity contribution is 5.95. The minimum absolute atomic E-state index is 0.0634. The van der Waals surface area contributed by atoms with Crippen LogP contribution in [0.3, 0.4) is 0 Å². The number of likely N-dealkylation sites (tertiary alicyclic amines) is 1. The Morgan fingerprint density at radius 2 is 2.04 bits per heavy atom. The lowest BCUT2D eigenvalue weighted by molar-refractivity contribution is 0.0708. The van der Waals surface area contributed by atoms with Crippen molar-refractivity contribution in [3.63, 3.8) is 0 Å². The number of carbonyl (C=O) groups is 1. The van der Waals surface area contributed by atoms with Gasteiger partial charge in [-0.25, -0.2) is 4.39 Å². The number of aryl methyl sites for hydroxylation is 1. The van der Waals surface area contributed by atoms with Crippen LogP contribution < -0.4 is 5.32 Å². The van der Waals surface area contributed by atoms with Crippen LogP contribution in [0.5, 0.6) is 5.75 Å². The van der Waals surface area contributed by atoms with E-state index in [-0.39, 0.29) is 23.3 Å². The van der Waals surface area contributed by atoms with Gasteiger partial charge in [-0.15, -0.1) is 0 Å². The number of benzene rings is 2. The summed E-state index contributed by atoms with van der Waals surface area (Å²) in [5.41, 5.74) is 2.19. The second-order valence-electron chi connectivity index (χ2n) is 7.01. The van der Waals surface area contributed by atoms with Gasteiger partial charge in [0.1, 0.15) is 11.6 Å². The highest BCUT2D eigenvalue weighted by atomic mass is 19.1. The summed E-state index contributed by atoms with van der Waals surface area (Å²) in [6.45, 7) is 4.38. The third-order valence-electron chi connectivity index (χ3n) is 5.51. The van der Waals surface area contributed by atoms with E-state index in [2.05, 4.69) is 11.4 Å². The highest BCUT2D eigenvalue weighted by Gasteiger charge is 2.47. The molecule has 4 nitrogen and oxygen atoms in total. The number of phenolic OH excluding ortho intramolecular Hbond substituents is 1. The summed E-state index contributed by atoms with van der Waals surface area (Å²) in [7, 11) is 0. The SMILES string of the molecule is Cc1ccccc1[C@@H]1[C@H]2CNC[C@H]2CN1C(=O)c1cc(O)ccc1F. The lowest BCUT2D eigenvalue weighted by atomic mass is 9.87. The molecular formula is C20H21FN2O2. The molecule has 0 bridgehead atoms. The molecule has 130 valence electrons. The molecule has 4 rings (SSSR count). The summed E-state index contributed by atoms with van der Waals surface area (Å²) in [6, 6.07) is 11.6. The molecule has 2 aromatic carbocycles. The predicted molar refractivity (Wildman–Crippen MR) is 92.9 cm³/mol. The predicted octanol–water partition coefficient (Wildman–Crippen LogP) is 2.87. The molecule has 2 aliphatic rings. The van der Waals surface area contributed by atoms with Gasteiger partial charge in [-0.3, -0.25) is 4.79 Å². The largest absolute Gasteiger partial charge is 0.508 e. The minimum atomic E-state index is -0.596. The Kier molecular flexibility index (Phi) is 3.96. The molecule has 0 spiro atoms. The van der Waals surface area contributed by atoms with Crippen molar-refractivity contribution >= 4 is 5.91 Å². The van der Waals surface area contributed by atoms with E-state index in [0.29, 0.717) is 18.4 Å². The first-order valence-electron chi connectivity index (χ1n) is 8.62. The Morgan fingerprint density at radius 1 is 1.24 bits per heavy atom. The van der Waals surface area contributed by atoms with Crippen LogP contribution >= 0.6 is 0 Å². The van der Waals surface area contributed by atoms with Gasteiger partial charge in [-0.05, 0) is 42.2 Å². The van der Waals surface area contributed by atoms with Crippen LogP contribution in [0, 0.1) is 24.6 Å². The monoisotopic (exact) mass is 340 g/mol. The van der Waals surface area contributed by atoms with Crippen LogP contribution in [0.15, 0.2) is 42.5 Å². The summed E-state index contributed by atoms with van der Waals surface area (Å²) in [5.74, 6) is -0.352. The number of nitrogens with zero attached hydrogens (tertiary/aromatic N) is 1. The average Bonchev–Trinajstić information content (AvgIpc) is 3.18. The summed E-state index contributed by atoms with van der Waals surface area (Å²) in [4.78, 5) is 14.9. The van der Waals surface area contributed by atoms with Gasteiger partial charge >= 0.3 is 0 Å². The van der Waals surface area contributed by atoms with Crippen LogP contribution in [0.2, 0.25) is 0 Å². The van der Waals surface area contributed by atoms with Crippen molar-refractivity contribution in [2.24, 2.45) is 11.8 Å². The Balaban J connectivity index is 1.76. The number of fused-ring (bicyclic) bond motifs is 1. The van der Waals surface area contributed by atoms with E-state index in [0.717, 1.165) is 30.3 Å². The number of aromatic hydroxyl groups is 1. The maximum atomic E-state index is 14.2. The Labute approximate surface area is 146 Å². The Bertz CT molecular complexity index is 823. The third-order valence-corrected chi connectivity index (χ3v) is 5.51. The first kappa shape index (κ1) is 16.1. The second kappa shape index (κ2) is 6.15. The number of phenols is 1. The molecule has 3 atom stereocenters. The molecule has 5 heteroatoms. The summed E-state index contributed by atoms with van der Waals surface area (Å²) >= 11 is 0. The van der Waals surface area contributed by atoms with Crippen LogP contribution in [0.4, 0.5) is 4.39 Å². The molecule has 25 heavy (non-hydrogen) atoms. The van der Waals surface area contributed by atoms with Crippen molar-refractivity contribution in [3.8, 4) is 5.75 Å². The zero-order valence-electron chi connectivity index (χ0n) is 14.1. The maximum Gasteiger partial charge on any atom is 0.257 e. The van der Waals surface area contributed by atoms with Crippen LogP contribution in [0.1, 0.15) is 27.5 Å². The lowest BCUT2D eigenvalue weighted by Crippen LogP contribution is -2.35. The van der Waals surface area contributed by atoms with Gasteiger partial charge in [0.15, 0.2) is 0 Å². The molecule has 1 amide bonds. The Morgan fingerprint density at radius 3 is 2.84 bits per heavy atom. The molecule has 0 saturated carbocycles. The molecule has 0 aliphatic carbocycles. The van der Waals surface area contributed by atoms with Crippen molar-refractivity contribution in [1.29, 1.82) is 0 Å². The number of carbonyl (C=O) groups excluding carboxylic acids is 1. The average molecular weight is 340 g/mol. The van der Waals surface area contributed by atoms with E-state index in [1.54, 1.807) is 4.90 Å². The van der Waals surface area contributed by atoms with Crippen molar-refractivity contribution in [3.05, 3.63) is 65.0 Å². The van der Waals surface area contributed by atoms with Crippen molar-refractivity contribution in [2.75, 3.05) is 19.6 Å². The van der Waals surface area contributed by atoms with Crippen molar-refractivity contribution < 1.29 is 14.3 Å². The maximum absolute atomic E-state index is 14.2. The summed E-state index contributed by atoms with van der Waals surface area (Å²) in [5, 5.41) is 13.1. The van der Waals surface area contributed by atoms with Gasteiger partial charge in [-0.2, -0.15) is 0 Å². The fourth-order valence-corrected chi connectivity index (χ4v) is 4.28. The fraction of sp³-hybridized carbons (Fsp3) is 0.350. The Hall–Kier alpha value is -2.40. The van der Waals surface area contributed by atoms with Gasteiger partial charge < -0.3 is 15.3 Å². The van der Waals surface area contributed by atoms with E-state index in [1.165, 1.54) is 12.1 Å². The minimum Gasteiger partial charge on any atom is -0.508 e. The highest BCUT2D eigenvalue weighted by Crippen LogP contribution is 2.44. The molecule has 2 heterocycles. The smallest absolute Gasteiger partial charge is 0.257 e. The molecule has 2 aromatic rings. The van der Waals surface area contributed by atoms with Gasteiger partial charge in [0.25, 0.3) is 5.91 Å². The number of amides is 1. The normalized spacial score (nSPS) is 25.2. The standard InChI is InChI=1S/C20H21FN2O2/c1-12-4-2-3-5-15(12)19-17-10-22-9-13(17)11-23(19)20(25)16-8-14(24)6-7-18(16)21/h2-8,13,17,19,22,24H,9-11H2,1H3/t13-,17-,19+/m0/s1.